The highest BCUT2D eigenvalue weighted by atomic mass is 16.5. The van der Waals surface area contributed by atoms with Crippen LogP contribution in [0.1, 0.15) is 23.5 Å². The van der Waals surface area contributed by atoms with Gasteiger partial charge in [0, 0.05) is 23.5 Å². The maximum Gasteiger partial charge on any atom is 0.226 e. The lowest BCUT2D eigenvalue weighted by molar-refractivity contribution is -0.116. The van der Waals surface area contributed by atoms with Gasteiger partial charge in [0.15, 0.2) is 0 Å². The molecule has 0 bridgehead atoms. The van der Waals surface area contributed by atoms with Crippen molar-refractivity contribution in [1.29, 1.82) is 0 Å². The third kappa shape index (κ3) is 2.34. The topological polar surface area (TPSA) is 56.1 Å². The standard InChI is InChI=1S/C19H17N3O2/c1-24-17-10-6-5-9-14(17)15-11-18(23)21-19-16(15)12-20-22(19)13-7-3-2-4-8-13/h2-10,12,15H,11H2,1H3,(H,21,23)/t15-/m1/s1. The number of nitrogens with one attached hydrogen (secondary N) is 1. The number of aromatic nitrogens is 2. The molecule has 0 unspecified atom stereocenters. The summed E-state index contributed by atoms with van der Waals surface area (Å²) in [6, 6.07) is 17.6. The van der Waals surface area contributed by atoms with E-state index in [-0.39, 0.29) is 11.8 Å². The van der Waals surface area contributed by atoms with Crippen LogP contribution in [0.5, 0.6) is 5.75 Å². The van der Waals surface area contributed by atoms with E-state index >= 15 is 0 Å². The van der Waals surface area contributed by atoms with Crippen LogP contribution < -0.4 is 10.1 Å². The first-order valence-corrected chi connectivity index (χ1v) is 7.84. The lowest BCUT2D eigenvalue weighted by atomic mass is 9.87. The first-order valence-electron chi connectivity index (χ1n) is 7.84. The number of anilines is 1. The number of para-hydroxylation sites is 2. The Morgan fingerprint density at radius 2 is 1.83 bits per heavy atom. The molecule has 0 saturated heterocycles. The number of amides is 1. The SMILES string of the molecule is COc1ccccc1[C@H]1CC(=O)Nc2c1cnn2-c1ccccc1. The highest BCUT2D eigenvalue weighted by Gasteiger charge is 2.31. The number of rotatable bonds is 3. The minimum atomic E-state index is -0.0673. The first kappa shape index (κ1) is 14.5. The van der Waals surface area contributed by atoms with E-state index in [1.54, 1.807) is 11.8 Å². The molecule has 0 aliphatic carbocycles. The van der Waals surface area contributed by atoms with Crippen LogP contribution >= 0.6 is 0 Å². The quantitative estimate of drug-likeness (QED) is 0.805. The summed E-state index contributed by atoms with van der Waals surface area (Å²) < 4.78 is 7.25. The van der Waals surface area contributed by atoms with E-state index in [0.717, 1.165) is 28.4 Å². The molecule has 1 amide bonds. The zero-order chi connectivity index (χ0) is 16.5. The van der Waals surface area contributed by atoms with Crippen LogP contribution in [0.4, 0.5) is 5.82 Å². The number of carbonyl (C=O) groups is 1. The Labute approximate surface area is 139 Å². The largest absolute Gasteiger partial charge is 0.496 e. The molecule has 2 heterocycles. The van der Waals surface area contributed by atoms with Gasteiger partial charge in [-0.3, -0.25) is 4.79 Å². The van der Waals surface area contributed by atoms with Crippen molar-refractivity contribution < 1.29 is 9.53 Å². The Morgan fingerprint density at radius 1 is 1.08 bits per heavy atom. The van der Waals surface area contributed by atoms with Crippen molar-refractivity contribution in [2.75, 3.05) is 12.4 Å². The Bertz CT molecular complexity index is 887. The number of nitrogens with zero attached hydrogens (tertiary/aromatic N) is 2. The molecular weight excluding hydrogens is 302 g/mol. The van der Waals surface area contributed by atoms with Gasteiger partial charge in [0.1, 0.15) is 11.6 Å². The van der Waals surface area contributed by atoms with Crippen molar-refractivity contribution in [2.24, 2.45) is 0 Å². The average molecular weight is 319 g/mol. The maximum absolute atomic E-state index is 12.3. The molecule has 0 saturated carbocycles. The fourth-order valence-electron chi connectivity index (χ4n) is 3.22. The molecule has 0 spiro atoms. The molecule has 1 aliphatic heterocycles. The molecule has 5 heteroatoms. The Kier molecular flexibility index (Phi) is 3.54. The number of carbonyl (C=O) groups excluding carboxylic acids is 1. The molecule has 1 N–H and O–H groups in total. The van der Waals surface area contributed by atoms with Crippen LogP contribution in [0.25, 0.3) is 5.69 Å². The highest BCUT2D eigenvalue weighted by Crippen LogP contribution is 2.41. The molecule has 4 rings (SSSR count). The van der Waals surface area contributed by atoms with Gasteiger partial charge in [-0.15, -0.1) is 0 Å². The summed E-state index contributed by atoms with van der Waals surface area (Å²) in [7, 11) is 1.65. The minimum absolute atomic E-state index is 0.0175. The summed E-state index contributed by atoms with van der Waals surface area (Å²) in [5, 5.41) is 7.46. The number of methoxy groups -OCH3 is 1. The molecule has 24 heavy (non-hydrogen) atoms. The lowest BCUT2D eigenvalue weighted by Crippen LogP contribution is -2.24. The van der Waals surface area contributed by atoms with Crippen LogP contribution in [0.3, 0.4) is 0 Å². The second-order valence-corrected chi connectivity index (χ2v) is 5.74. The van der Waals surface area contributed by atoms with Crippen molar-refractivity contribution in [3.05, 3.63) is 71.9 Å². The van der Waals surface area contributed by atoms with Crippen LogP contribution in [0.2, 0.25) is 0 Å². The molecule has 120 valence electrons. The van der Waals surface area contributed by atoms with Crippen molar-refractivity contribution in [3.63, 3.8) is 0 Å². The van der Waals surface area contributed by atoms with Gasteiger partial charge >= 0.3 is 0 Å². The number of ether oxygens (including phenoxy) is 1. The van der Waals surface area contributed by atoms with Gasteiger partial charge < -0.3 is 10.1 Å². The smallest absolute Gasteiger partial charge is 0.226 e. The average Bonchev–Trinajstić information content (AvgIpc) is 3.05. The number of benzene rings is 2. The molecule has 0 fully saturated rings. The van der Waals surface area contributed by atoms with E-state index in [2.05, 4.69) is 10.4 Å². The Balaban J connectivity index is 1.84. The third-order valence-corrected chi connectivity index (χ3v) is 4.34. The Morgan fingerprint density at radius 3 is 2.62 bits per heavy atom. The fraction of sp³-hybridized carbons (Fsp3) is 0.158. The van der Waals surface area contributed by atoms with Gasteiger partial charge in [0.2, 0.25) is 5.91 Å². The Hall–Kier alpha value is -3.08. The van der Waals surface area contributed by atoms with E-state index in [9.17, 15) is 4.79 Å². The second kappa shape index (κ2) is 5.85. The summed E-state index contributed by atoms with van der Waals surface area (Å²) in [5.41, 5.74) is 2.92. The van der Waals surface area contributed by atoms with Gasteiger partial charge in [0.25, 0.3) is 0 Å². The van der Waals surface area contributed by atoms with Crippen molar-refractivity contribution in [3.8, 4) is 11.4 Å². The van der Waals surface area contributed by atoms with E-state index in [0.29, 0.717) is 6.42 Å². The van der Waals surface area contributed by atoms with Crippen molar-refractivity contribution >= 4 is 11.7 Å². The third-order valence-electron chi connectivity index (χ3n) is 4.34. The lowest BCUT2D eigenvalue weighted by Gasteiger charge is -2.25. The van der Waals surface area contributed by atoms with Gasteiger partial charge in [-0.05, 0) is 18.2 Å². The first-order chi connectivity index (χ1) is 11.8. The molecule has 5 nitrogen and oxygen atoms in total. The number of hydrogen-bond donors (Lipinski definition) is 1. The zero-order valence-corrected chi connectivity index (χ0v) is 13.3. The maximum atomic E-state index is 12.3. The molecule has 1 atom stereocenters. The van der Waals surface area contributed by atoms with Crippen LogP contribution in [-0.4, -0.2) is 22.8 Å². The summed E-state index contributed by atoms with van der Waals surface area (Å²) in [6.45, 7) is 0. The zero-order valence-electron chi connectivity index (χ0n) is 13.3. The highest BCUT2D eigenvalue weighted by molar-refractivity contribution is 5.94. The summed E-state index contributed by atoms with van der Waals surface area (Å²) in [6.07, 6.45) is 2.22. The van der Waals surface area contributed by atoms with Gasteiger partial charge in [-0.25, -0.2) is 4.68 Å². The number of fused-ring (bicyclic) bond motifs is 1. The van der Waals surface area contributed by atoms with Gasteiger partial charge in [-0.1, -0.05) is 36.4 Å². The minimum Gasteiger partial charge on any atom is -0.496 e. The predicted molar refractivity (Wildman–Crippen MR) is 91.6 cm³/mol. The van der Waals surface area contributed by atoms with E-state index in [1.165, 1.54) is 0 Å². The molecule has 2 aromatic carbocycles. The van der Waals surface area contributed by atoms with Crippen LogP contribution in [0, 0.1) is 0 Å². The monoisotopic (exact) mass is 319 g/mol. The van der Waals surface area contributed by atoms with Crippen molar-refractivity contribution in [2.45, 2.75) is 12.3 Å². The summed E-state index contributed by atoms with van der Waals surface area (Å²) in [4.78, 5) is 12.3. The molecule has 1 aromatic heterocycles. The summed E-state index contributed by atoms with van der Waals surface area (Å²) in [5.74, 6) is 1.43. The van der Waals surface area contributed by atoms with Gasteiger partial charge in [0.05, 0.1) is 19.0 Å². The van der Waals surface area contributed by atoms with E-state index in [4.69, 9.17) is 4.74 Å². The van der Waals surface area contributed by atoms with Crippen molar-refractivity contribution in [1.82, 2.24) is 9.78 Å². The van der Waals surface area contributed by atoms with Gasteiger partial charge in [-0.2, -0.15) is 5.10 Å². The molecule has 0 radical (unpaired) electrons. The molecule has 1 aliphatic rings. The van der Waals surface area contributed by atoms with Crippen LogP contribution in [0.15, 0.2) is 60.8 Å². The second-order valence-electron chi connectivity index (χ2n) is 5.74. The van der Waals surface area contributed by atoms with E-state index in [1.807, 2.05) is 60.8 Å². The fourth-order valence-corrected chi connectivity index (χ4v) is 3.22. The van der Waals surface area contributed by atoms with E-state index < -0.39 is 0 Å². The molecule has 3 aromatic rings. The summed E-state index contributed by atoms with van der Waals surface area (Å²) >= 11 is 0. The number of hydrogen-bond acceptors (Lipinski definition) is 3. The van der Waals surface area contributed by atoms with Crippen LogP contribution in [-0.2, 0) is 4.79 Å². The normalized spacial score (nSPS) is 16.4. The predicted octanol–water partition coefficient (Wildman–Crippen LogP) is 3.36. The molecular formula is C19H17N3O2.